The van der Waals surface area contributed by atoms with Crippen molar-refractivity contribution in [1.29, 1.82) is 5.26 Å². The number of ether oxygens (including phenoxy) is 1. The van der Waals surface area contributed by atoms with Gasteiger partial charge in [-0.05, 0) is 36.8 Å². The van der Waals surface area contributed by atoms with Crippen LogP contribution in [0.5, 0.6) is 5.75 Å². The number of nitrogens with zero attached hydrogens (tertiary/aromatic N) is 1. The minimum Gasteiger partial charge on any atom is -0.488 e. The molecule has 0 fully saturated rings. The van der Waals surface area contributed by atoms with Crippen LogP contribution in [0.15, 0.2) is 40.9 Å². The lowest BCUT2D eigenvalue weighted by atomic mass is 10.1. The Morgan fingerprint density at radius 1 is 1.33 bits per heavy atom. The second-order valence-electron chi connectivity index (χ2n) is 5.24. The number of anilines is 1. The standard InChI is InChI=1S/C17H15BrN2O/c1-11-2-5-17-13(6-11)7-15(21-17)10-20-16-8-14(18)4-3-12(16)9-19/h2-6,8,15,20H,7,10H2,1H3. The van der Waals surface area contributed by atoms with Gasteiger partial charge in [-0.25, -0.2) is 0 Å². The summed E-state index contributed by atoms with van der Waals surface area (Å²) in [7, 11) is 0. The van der Waals surface area contributed by atoms with Crippen molar-refractivity contribution >= 4 is 21.6 Å². The van der Waals surface area contributed by atoms with Crippen molar-refractivity contribution in [3.05, 3.63) is 57.6 Å². The molecule has 21 heavy (non-hydrogen) atoms. The van der Waals surface area contributed by atoms with E-state index in [0.717, 1.165) is 22.3 Å². The summed E-state index contributed by atoms with van der Waals surface area (Å²) in [5.41, 5.74) is 3.99. The molecule has 0 aromatic heterocycles. The molecule has 1 aliphatic heterocycles. The van der Waals surface area contributed by atoms with Crippen LogP contribution in [0.2, 0.25) is 0 Å². The lowest BCUT2D eigenvalue weighted by Gasteiger charge is -2.14. The Morgan fingerprint density at radius 3 is 3.00 bits per heavy atom. The van der Waals surface area contributed by atoms with E-state index in [-0.39, 0.29) is 6.10 Å². The zero-order valence-corrected chi connectivity index (χ0v) is 13.3. The second kappa shape index (κ2) is 5.79. The molecule has 4 heteroatoms. The normalized spacial score (nSPS) is 16.0. The summed E-state index contributed by atoms with van der Waals surface area (Å²) < 4.78 is 6.88. The Bertz CT molecular complexity index is 721. The van der Waals surface area contributed by atoms with Crippen LogP contribution in [0.3, 0.4) is 0 Å². The van der Waals surface area contributed by atoms with Crippen LogP contribution >= 0.6 is 15.9 Å². The summed E-state index contributed by atoms with van der Waals surface area (Å²) in [6, 6.07) is 14.1. The SMILES string of the molecule is Cc1ccc2c(c1)CC(CNc1cc(Br)ccc1C#N)O2. The number of benzene rings is 2. The first-order valence-corrected chi connectivity index (χ1v) is 7.65. The summed E-state index contributed by atoms with van der Waals surface area (Å²) >= 11 is 3.43. The summed E-state index contributed by atoms with van der Waals surface area (Å²) in [4.78, 5) is 0. The zero-order valence-electron chi connectivity index (χ0n) is 11.7. The molecular formula is C17H15BrN2O. The van der Waals surface area contributed by atoms with Gasteiger partial charge in [0.05, 0.1) is 17.8 Å². The van der Waals surface area contributed by atoms with Gasteiger partial charge in [0, 0.05) is 10.9 Å². The quantitative estimate of drug-likeness (QED) is 0.915. The van der Waals surface area contributed by atoms with Gasteiger partial charge in [0.15, 0.2) is 0 Å². The molecule has 0 bridgehead atoms. The highest BCUT2D eigenvalue weighted by Gasteiger charge is 2.22. The van der Waals surface area contributed by atoms with E-state index in [2.05, 4.69) is 46.4 Å². The summed E-state index contributed by atoms with van der Waals surface area (Å²) in [6.45, 7) is 2.77. The van der Waals surface area contributed by atoms with Crippen LogP contribution in [0.25, 0.3) is 0 Å². The molecule has 1 aliphatic rings. The van der Waals surface area contributed by atoms with Crippen molar-refractivity contribution in [3.8, 4) is 11.8 Å². The average molecular weight is 343 g/mol. The van der Waals surface area contributed by atoms with E-state index in [9.17, 15) is 0 Å². The molecule has 3 rings (SSSR count). The number of nitrogens with one attached hydrogen (secondary N) is 1. The Balaban J connectivity index is 1.68. The molecular weight excluding hydrogens is 328 g/mol. The van der Waals surface area contributed by atoms with E-state index in [1.165, 1.54) is 11.1 Å². The van der Waals surface area contributed by atoms with Gasteiger partial charge in [-0.15, -0.1) is 0 Å². The zero-order chi connectivity index (χ0) is 14.8. The molecule has 0 amide bonds. The molecule has 1 heterocycles. The van der Waals surface area contributed by atoms with Crippen molar-refractivity contribution in [2.45, 2.75) is 19.4 Å². The maximum Gasteiger partial charge on any atom is 0.123 e. The predicted molar refractivity (Wildman–Crippen MR) is 86.6 cm³/mol. The average Bonchev–Trinajstić information content (AvgIpc) is 2.87. The maximum atomic E-state index is 9.14. The smallest absolute Gasteiger partial charge is 0.123 e. The highest BCUT2D eigenvalue weighted by atomic mass is 79.9. The van der Waals surface area contributed by atoms with E-state index in [1.807, 2.05) is 18.2 Å². The van der Waals surface area contributed by atoms with Gasteiger partial charge in [0.25, 0.3) is 0 Å². The van der Waals surface area contributed by atoms with Crippen molar-refractivity contribution in [3.63, 3.8) is 0 Å². The van der Waals surface area contributed by atoms with Crippen LogP contribution in [0.1, 0.15) is 16.7 Å². The fourth-order valence-corrected chi connectivity index (χ4v) is 2.91. The van der Waals surface area contributed by atoms with Crippen molar-refractivity contribution in [1.82, 2.24) is 0 Å². The molecule has 3 nitrogen and oxygen atoms in total. The molecule has 0 radical (unpaired) electrons. The molecule has 2 aromatic carbocycles. The molecule has 0 aliphatic carbocycles. The largest absolute Gasteiger partial charge is 0.488 e. The summed E-state index contributed by atoms with van der Waals surface area (Å²) in [5.74, 6) is 0.974. The van der Waals surface area contributed by atoms with E-state index >= 15 is 0 Å². The second-order valence-corrected chi connectivity index (χ2v) is 6.15. The Morgan fingerprint density at radius 2 is 2.19 bits per heavy atom. The van der Waals surface area contributed by atoms with Crippen LogP contribution < -0.4 is 10.1 Å². The number of fused-ring (bicyclic) bond motifs is 1. The Kier molecular flexibility index (Phi) is 3.85. The number of hydrogen-bond acceptors (Lipinski definition) is 3. The fraction of sp³-hybridized carbons (Fsp3) is 0.235. The fourth-order valence-electron chi connectivity index (χ4n) is 2.55. The summed E-state index contributed by atoms with van der Waals surface area (Å²) in [5, 5.41) is 12.5. The van der Waals surface area contributed by atoms with Gasteiger partial charge in [-0.2, -0.15) is 5.26 Å². The molecule has 1 N–H and O–H groups in total. The van der Waals surface area contributed by atoms with Crippen LogP contribution in [0, 0.1) is 18.3 Å². The third kappa shape index (κ3) is 3.03. The first-order chi connectivity index (χ1) is 10.2. The minimum atomic E-state index is 0.104. The topological polar surface area (TPSA) is 45.0 Å². The Hall–Kier alpha value is -1.99. The third-order valence-electron chi connectivity index (χ3n) is 3.58. The predicted octanol–water partition coefficient (Wildman–Crippen LogP) is 4.04. The monoisotopic (exact) mass is 342 g/mol. The molecule has 106 valence electrons. The number of halogens is 1. The van der Waals surface area contributed by atoms with E-state index in [1.54, 1.807) is 6.07 Å². The van der Waals surface area contributed by atoms with Gasteiger partial charge in [0.2, 0.25) is 0 Å². The highest BCUT2D eigenvalue weighted by molar-refractivity contribution is 9.10. The Labute approximate surface area is 132 Å². The van der Waals surface area contributed by atoms with Crippen molar-refractivity contribution < 1.29 is 4.74 Å². The van der Waals surface area contributed by atoms with Crippen LogP contribution in [-0.4, -0.2) is 12.6 Å². The molecule has 1 unspecified atom stereocenters. The first kappa shape index (κ1) is 14.0. The van der Waals surface area contributed by atoms with Crippen LogP contribution in [-0.2, 0) is 6.42 Å². The number of nitriles is 1. The van der Waals surface area contributed by atoms with Gasteiger partial charge in [0.1, 0.15) is 17.9 Å². The van der Waals surface area contributed by atoms with Crippen LogP contribution in [0.4, 0.5) is 5.69 Å². The molecule has 0 saturated carbocycles. The molecule has 0 spiro atoms. The van der Waals surface area contributed by atoms with Gasteiger partial charge in [-0.3, -0.25) is 0 Å². The van der Waals surface area contributed by atoms with E-state index in [0.29, 0.717) is 12.1 Å². The molecule has 2 aromatic rings. The third-order valence-corrected chi connectivity index (χ3v) is 4.07. The number of hydrogen-bond donors (Lipinski definition) is 1. The highest BCUT2D eigenvalue weighted by Crippen LogP contribution is 2.30. The van der Waals surface area contributed by atoms with Crippen molar-refractivity contribution in [2.75, 3.05) is 11.9 Å². The van der Waals surface area contributed by atoms with Gasteiger partial charge in [-0.1, -0.05) is 33.6 Å². The number of rotatable bonds is 3. The number of aryl methyl sites for hydroxylation is 1. The lowest BCUT2D eigenvalue weighted by molar-refractivity contribution is 0.246. The minimum absolute atomic E-state index is 0.104. The van der Waals surface area contributed by atoms with E-state index < -0.39 is 0 Å². The summed E-state index contributed by atoms with van der Waals surface area (Å²) in [6.07, 6.45) is 1.01. The molecule has 1 atom stereocenters. The molecule has 0 saturated heterocycles. The van der Waals surface area contributed by atoms with E-state index in [4.69, 9.17) is 10.00 Å². The maximum absolute atomic E-state index is 9.14. The van der Waals surface area contributed by atoms with Crippen molar-refractivity contribution in [2.24, 2.45) is 0 Å². The van der Waals surface area contributed by atoms with Gasteiger partial charge >= 0.3 is 0 Å². The first-order valence-electron chi connectivity index (χ1n) is 6.85. The lowest BCUT2D eigenvalue weighted by Crippen LogP contribution is -2.24. The van der Waals surface area contributed by atoms with Gasteiger partial charge < -0.3 is 10.1 Å².